The van der Waals surface area contributed by atoms with Gasteiger partial charge in [0.2, 0.25) is 0 Å². The topological polar surface area (TPSA) is 162 Å². The highest BCUT2D eigenvalue weighted by Crippen LogP contribution is 2.19. The van der Waals surface area contributed by atoms with Crippen molar-refractivity contribution in [3.8, 4) is 0 Å². The van der Waals surface area contributed by atoms with Gasteiger partial charge in [-0.3, -0.25) is 0 Å². The molecule has 1 aliphatic heterocycles. The van der Waals surface area contributed by atoms with Crippen LogP contribution >= 0.6 is 0 Å². The van der Waals surface area contributed by atoms with Crippen LogP contribution in [0.4, 0.5) is 0 Å². The van der Waals surface area contributed by atoms with Gasteiger partial charge in [-0.15, -0.1) is 0 Å². The van der Waals surface area contributed by atoms with Crippen LogP contribution in [-0.2, 0) is 9.53 Å². The average molecular weight is 263 g/mol. The van der Waals surface area contributed by atoms with E-state index in [0.29, 0.717) is 0 Å². The third-order valence-electron chi connectivity index (χ3n) is 2.49. The first-order valence-corrected chi connectivity index (χ1v) is 5.23. The molecule has 104 valence electrons. The number of hydrogen-bond donors (Lipinski definition) is 6. The van der Waals surface area contributed by atoms with E-state index in [-0.39, 0.29) is 13.0 Å². The van der Waals surface area contributed by atoms with Crippen LogP contribution in [0, 0.1) is 0 Å². The predicted molar refractivity (Wildman–Crippen MR) is 58.3 cm³/mol. The molecule has 0 aromatic carbocycles. The number of carboxylic acid groups (broad SMARTS) is 1. The van der Waals surface area contributed by atoms with Gasteiger partial charge in [0.25, 0.3) is 0 Å². The zero-order chi connectivity index (χ0) is 13.9. The lowest BCUT2D eigenvalue weighted by atomic mass is 10.0. The van der Waals surface area contributed by atoms with Crippen LogP contribution in [0.15, 0.2) is 11.9 Å². The number of nitrogens with two attached hydrogens (primary N) is 2. The Kier molecular flexibility index (Phi) is 4.87. The lowest BCUT2D eigenvalue weighted by Gasteiger charge is -2.36. The van der Waals surface area contributed by atoms with E-state index >= 15 is 0 Å². The first-order chi connectivity index (χ1) is 8.31. The highest BCUT2D eigenvalue weighted by atomic mass is 16.6. The van der Waals surface area contributed by atoms with Crippen molar-refractivity contribution < 1.29 is 30.0 Å². The highest BCUT2D eigenvalue weighted by Gasteiger charge is 2.36. The van der Waals surface area contributed by atoms with E-state index in [1.54, 1.807) is 0 Å². The molecule has 1 saturated heterocycles. The summed E-state index contributed by atoms with van der Waals surface area (Å²) in [6, 6.07) is 0. The SMILES string of the molecule is N/C(=C\N(N)C[C@H]1O[C@@H](O)C[C@@H](O)[C@H]1O)C(=O)O. The standard InChI is InChI=1S/C9H17N3O6/c10-4(9(16)17)2-12(11)3-6-8(15)5(13)1-7(14)18-6/h2,5-8,13-15H,1,3,10-11H2,(H,16,17)/b4-2-/t5-,6-,7-,8-/m1/s1. The Morgan fingerprint density at radius 2 is 2.06 bits per heavy atom. The Bertz CT molecular complexity index is 336. The molecule has 0 aromatic heterocycles. The van der Waals surface area contributed by atoms with Crippen molar-refractivity contribution in [3.05, 3.63) is 11.9 Å². The van der Waals surface area contributed by atoms with Crippen LogP contribution in [0.25, 0.3) is 0 Å². The number of carboxylic acids is 1. The minimum atomic E-state index is -1.34. The summed E-state index contributed by atoms with van der Waals surface area (Å²) in [6.07, 6.45) is -3.66. The maximum atomic E-state index is 10.5. The molecule has 0 radical (unpaired) electrons. The molecule has 9 heteroatoms. The van der Waals surface area contributed by atoms with Gasteiger partial charge >= 0.3 is 5.97 Å². The second kappa shape index (κ2) is 5.98. The minimum Gasteiger partial charge on any atom is -0.477 e. The zero-order valence-corrected chi connectivity index (χ0v) is 9.51. The van der Waals surface area contributed by atoms with E-state index < -0.39 is 36.3 Å². The molecule has 0 aromatic rings. The fraction of sp³-hybridized carbons (Fsp3) is 0.667. The number of carbonyl (C=O) groups is 1. The molecule has 0 saturated carbocycles. The largest absolute Gasteiger partial charge is 0.477 e. The van der Waals surface area contributed by atoms with Crippen molar-refractivity contribution in [2.24, 2.45) is 11.6 Å². The molecule has 0 aliphatic carbocycles. The van der Waals surface area contributed by atoms with E-state index in [0.717, 1.165) is 11.2 Å². The van der Waals surface area contributed by atoms with Crippen LogP contribution in [-0.4, -0.2) is 62.6 Å². The second-order valence-electron chi connectivity index (χ2n) is 4.01. The molecule has 0 bridgehead atoms. The quantitative estimate of drug-likeness (QED) is 0.175. The molecule has 18 heavy (non-hydrogen) atoms. The van der Waals surface area contributed by atoms with Crippen LogP contribution in [0.1, 0.15) is 6.42 Å². The zero-order valence-electron chi connectivity index (χ0n) is 9.51. The van der Waals surface area contributed by atoms with Crippen molar-refractivity contribution in [1.29, 1.82) is 0 Å². The Labute approximate surface area is 103 Å². The van der Waals surface area contributed by atoms with Gasteiger partial charge in [-0.25, -0.2) is 10.6 Å². The fourth-order valence-electron chi connectivity index (χ4n) is 1.58. The van der Waals surface area contributed by atoms with E-state index in [2.05, 4.69) is 0 Å². The van der Waals surface area contributed by atoms with Gasteiger partial charge < -0.3 is 35.9 Å². The number of rotatable bonds is 4. The Hall–Kier alpha value is -1.39. The van der Waals surface area contributed by atoms with Gasteiger partial charge in [0.1, 0.15) is 17.9 Å². The van der Waals surface area contributed by atoms with E-state index in [1.165, 1.54) is 0 Å². The van der Waals surface area contributed by atoms with Crippen LogP contribution in [0.5, 0.6) is 0 Å². The maximum absolute atomic E-state index is 10.5. The van der Waals surface area contributed by atoms with Crippen molar-refractivity contribution in [2.75, 3.05) is 6.54 Å². The number of nitrogens with zero attached hydrogens (tertiary/aromatic N) is 1. The highest BCUT2D eigenvalue weighted by molar-refractivity contribution is 5.85. The molecule has 9 nitrogen and oxygen atoms in total. The van der Waals surface area contributed by atoms with Gasteiger partial charge in [-0.1, -0.05) is 0 Å². The molecule has 0 amide bonds. The Balaban J connectivity index is 2.60. The summed E-state index contributed by atoms with van der Waals surface area (Å²) in [5.74, 6) is 4.12. The molecular weight excluding hydrogens is 246 g/mol. The molecule has 1 fully saturated rings. The maximum Gasteiger partial charge on any atom is 0.353 e. The van der Waals surface area contributed by atoms with Gasteiger partial charge in [0.15, 0.2) is 6.29 Å². The number of aliphatic hydroxyl groups is 3. The molecule has 1 rings (SSSR count). The number of ether oxygens (including phenoxy) is 1. The van der Waals surface area contributed by atoms with E-state index in [1.807, 2.05) is 0 Å². The minimum absolute atomic E-state index is 0.102. The average Bonchev–Trinajstić information content (AvgIpc) is 2.24. The van der Waals surface area contributed by atoms with Gasteiger partial charge in [0, 0.05) is 12.6 Å². The van der Waals surface area contributed by atoms with Crippen molar-refractivity contribution in [2.45, 2.75) is 31.0 Å². The predicted octanol–water partition coefficient (Wildman–Crippen LogP) is -3.12. The number of aliphatic carboxylic acids is 1. The third-order valence-corrected chi connectivity index (χ3v) is 2.49. The van der Waals surface area contributed by atoms with Gasteiger partial charge in [0.05, 0.1) is 12.6 Å². The second-order valence-corrected chi connectivity index (χ2v) is 4.01. The molecule has 0 spiro atoms. The van der Waals surface area contributed by atoms with Gasteiger partial charge in [-0.2, -0.15) is 0 Å². The summed E-state index contributed by atoms with van der Waals surface area (Å²) in [6.45, 7) is -0.136. The number of aliphatic hydroxyl groups excluding tert-OH is 3. The van der Waals surface area contributed by atoms with Crippen LogP contribution < -0.4 is 11.6 Å². The van der Waals surface area contributed by atoms with Gasteiger partial charge in [-0.05, 0) is 0 Å². The van der Waals surface area contributed by atoms with Crippen molar-refractivity contribution in [3.63, 3.8) is 0 Å². The summed E-state index contributed by atoms with van der Waals surface area (Å²) in [7, 11) is 0. The lowest BCUT2D eigenvalue weighted by molar-refractivity contribution is -0.234. The molecule has 1 heterocycles. The normalized spacial score (nSPS) is 33.2. The molecule has 0 unspecified atom stereocenters. The van der Waals surface area contributed by atoms with Crippen molar-refractivity contribution >= 4 is 5.97 Å². The fourth-order valence-corrected chi connectivity index (χ4v) is 1.58. The molecule has 4 atom stereocenters. The van der Waals surface area contributed by atoms with E-state index in [4.69, 9.17) is 21.4 Å². The lowest BCUT2D eigenvalue weighted by Crippen LogP contribution is -2.53. The monoisotopic (exact) mass is 263 g/mol. The van der Waals surface area contributed by atoms with Crippen LogP contribution in [0.2, 0.25) is 0 Å². The molecular formula is C9H17N3O6. The first kappa shape index (κ1) is 14.7. The Morgan fingerprint density at radius 3 is 2.61 bits per heavy atom. The Morgan fingerprint density at radius 1 is 1.44 bits per heavy atom. The summed E-state index contributed by atoms with van der Waals surface area (Å²) < 4.78 is 4.99. The summed E-state index contributed by atoms with van der Waals surface area (Å²) in [5.41, 5.74) is 4.67. The van der Waals surface area contributed by atoms with E-state index in [9.17, 15) is 20.1 Å². The van der Waals surface area contributed by atoms with Crippen LogP contribution in [0.3, 0.4) is 0 Å². The summed E-state index contributed by atoms with van der Waals surface area (Å²) in [4.78, 5) is 10.5. The number of hydrazine groups is 1. The molecule has 1 aliphatic rings. The number of hydrogen-bond acceptors (Lipinski definition) is 8. The molecule has 8 N–H and O–H groups in total. The summed E-state index contributed by atoms with van der Waals surface area (Å²) >= 11 is 0. The smallest absolute Gasteiger partial charge is 0.353 e. The first-order valence-electron chi connectivity index (χ1n) is 5.23. The van der Waals surface area contributed by atoms with Crippen molar-refractivity contribution in [1.82, 2.24) is 5.01 Å². The summed E-state index contributed by atoms with van der Waals surface area (Å²) in [5, 5.41) is 37.7. The third kappa shape index (κ3) is 3.82.